The summed E-state index contributed by atoms with van der Waals surface area (Å²) < 4.78 is -0.771. The lowest BCUT2D eigenvalue weighted by Gasteiger charge is -2.26. The van der Waals surface area contributed by atoms with E-state index in [2.05, 4.69) is 15.9 Å². The first-order valence-corrected chi connectivity index (χ1v) is 5.90. The summed E-state index contributed by atoms with van der Waals surface area (Å²) in [4.78, 5) is 0. The maximum Gasteiger partial charge on any atom is 0.473 e. The van der Waals surface area contributed by atoms with Gasteiger partial charge in [-0.2, -0.15) is 0 Å². The number of alkyl halides is 1. The molecule has 1 aromatic carbocycles. The third-order valence-electron chi connectivity index (χ3n) is 2.71. The Morgan fingerprint density at radius 2 is 1.88 bits per heavy atom. The molecule has 0 amide bonds. The first-order valence-electron chi connectivity index (χ1n) is 5.11. The molecule has 0 saturated heterocycles. The van der Waals surface area contributed by atoms with Crippen molar-refractivity contribution in [2.45, 2.75) is 10.6 Å². The second-order valence-electron chi connectivity index (χ2n) is 3.89. The van der Waals surface area contributed by atoms with Crippen molar-refractivity contribution < 1.29 is 10.0 Å². The second kappa shape index (κ2) is 4.57. The summed E-state index contributed by atoms with van der Waals surface area (Å²) in [6.07, 6.45) is 6.17. The topological polar surface area (TPSA) is 40.5 Å². The first-order chi connectivity index (χ1) is 7.62. The molecule has 0 heterocycles. The number of rotatable bonds is 2. The summed E-state index contributed by atoms with van der Waals surface area (Å²) >= 11 is 3.37. The summed E-state index contributed by atoms with van der Waals surface area (Å²) in [7, 11) is -1.41. The largest absolute Gasteiger partial charge is 0.473 e. The van der Waals surface area contributed by atoms with Gasteiger partial charge in [-0.3, -0.25) is 0 Å². The van der Waals surface area contributed by atoms with Gasteiger partial charge in [0.05, 0.1) is 4.22 Å². The maximum absolute atomic E-state index is 9.33. The minimum Gasteiger partial charge on any atom is -0.426 e. The van der Waals surface area contributed by atoms with Crippen LogP contribution in [0.1, 0.15) is 12.0 Å². The molecule has 0 aliphatic heterocycles. The van der Waals surface area contributed by atoms with Crippen LogP contribution in [-0.2, 0) is 0 Å². The Morgan fingerprint density at radius 3 is 2.50 bits per heavy atom. The van der Waals surface area contributed by atoms with Crippen LogP contribution in [0.4, 0.5) is 0 Å². The lowest BCUT2D eigenvalue weighted by Crippen LogP contribution is -2.40. The Kier molecular flexibility index (Phi) is 3.33. The SMILES string of the molecule is OB(O)C1(Br)C=CC=C(c2ccccc2)C1. The maximum atomic E-state index is 9.33. The number of allylic oxidation sites excluding steroid dienone is 4. The van der Waals surface area contributed by atoms with Gasteiger partial charge in [-0.15, -0.1) is 0 Å². The predicted octanol–water partition coefficient (Wildman–Crippen LogP) is 2.18. The van der Waals surface area contributed by atoms with Crippen molar-refractivity contribution in [1.29, 1.82) is 0 Å². The van der Waals surface area contributed by atoms with Crippen LogP contribution in [0.3, 0.4) is 0 Å². The average molecular weight is 279 g/mol. The highest BCUT2D eigenvalue weighted by molar-refractivity contribution is 9.10. The fourth-order valence-electron chi connectivity index (χ4n) is 1.76. The second-order valence-corrected chi connectivity index (χ2v) is 5.37. The standard InChI is InChI=1S/C12H12BBrO2/c14-12(13(15)16)8-4-7-11(9-12)10-5-2-1-3-6-10/h1-8,15-16H,9H2. The summed E-state index contributed by atoms with van der Waals surface area (Å²) in [5.74, 6) is 0. The third-order valence-corrected chi connectivity index (χ3v) is 3.66. The van der Waals surface area contributed by atoms with E-state index in [0.717, 1.165) is 11.1 Å². The summed E-state index contributed by atoms with van der Waals surface area (Å²) in [5, 5.41) is 18.7. The minimum absolute atomic E-state index is 0.561. The fourth-order valence-corrected chi connectivity index (χ4v) is 2.22. The zero-order chi connectivity index (χ0) is 11.6. The van der Waals surface area contributed by atoms with E-state index >= 15 is 0 Å². The van der Waals surface area contributed by atoms with Gasteiger partial charge in [0.25, 0.3) is 0 Å². The van der Waals surface area contributed by atoms with E-state index in [1.165, 1.54) is 0 Å². The summed E-state index contributed by atoms with van der Waals surface area (Å²) in [6, 6.07) is 9.94. The zero-order valence-electron chi connectivity index (χ0n) is 8.68. The van der Waals surface area contributed by atoms with Gasteiger partial charge < -0.3 is 10.0 Å². The quantitative estimate of drug-likeness (QED) is 0.643. The van der Waals surface area contributed by atoms with Crippen LogP contribution in [0.5, 0.6) is 0 Å². The molecule has 2 N–H and O–H groups in total. The highest BCUT2D eigenvalue weighted by Crippen LogP contribution is 2.36. The molecular weight excluding hydrogens is 267 g/mol. The molecule has 0 aromatic heterocycles. The number of hydrogen-bond donors (Lipinski definition) is 2. The average Bonchev–Trinajstić information content (AvgIpc) is 2.30. The molecule has 2 rings (SSSR count). The zero-order valence-corrected chi connectivity index (χ0v) is 10.3. The summed E-state index contributed by atoms with van der Waals surface area (Å²) in [6.45, 7) is 0. The highest BCUT2D eigenvalue weighted by atomic mass is 79.9. The van der Waals surface area contributed by atoms with Gasteiger partial charge in [0.2, 0.25) is 0 Å². The van der Waals surface area contributed by atoms with Crippen LogP contribution in [0, 0.1) is 0 Å². The van der Waals surface area contributed by atoms with Crippen molar-refractivity contribution in [2.75, 3.05) is 0 Å². The smallest absolute Gasteiger partial charge is 0.426 e. The molecule has 4 heteroatoms. The lowest BCUT2D eigenvalue weighted by atomic mass is 9.67. The highest BCUT2D eigenvalue weighted by Gasteiger charge is 2.39. The Labute approximate surface area is 104 Å². The number of halogens is 1. The van der Waals surface area contributed by atoms with Crippen molar-refractivity contribution in [1.82, 2.24) is 0 Å². The van der Waals surface area contributed by atoms with Crippen LogP contribution in [0.25, 0.3) is 5.57 Å². The molecule has 1 unspecified atom stereocenters. The molecule has 0 fully saturated rings. The van der Waals surface area contributed by atoms with Crippen LogP contribution in [-0.4, -0.2) is 21.4 Å². The van der Waals surface area contributed by atoms with Crippen molar-refractivity contribution in [2.24, 2.45) is 0 Å². The Hall–Kier alpha value is -0.835. The van der Waals surface area contributed by atoms with Gasteiger partial charge in [0, 0.05) is 0 Å². The number of benzene rings is 1. The first kappa shape index (κ1) is 11.6. The van der Waals surface area contributed by atoms with Crippen LogP contribution in [0.15, 0.2) is 48.6 Å². The van der Waals surface area contributed by atoms with E-state index in [9.17, 15) is 10.0 Å². The van der Waals surface area contributed by atoms with Gasteiger partial charge in [0.15, 0.2) is 0 Å². The van der Waals surface area contributed by atoms with Gasteiger partial charge >= 0.3 is 7.12 Å². The van der Waals surface area contributed by atoms with E-state index in [4.69, 9.17) is 0 Å². The Balaban J connectivity index is 2.27. The molecule has 1 atom stereocenters. The molecule has 1 aliphatic carbocycles. The Morgan fingerprint density at radius 1 is 1.19 bits per heavy atom. The minimum atomic E-state index is -1.41. The van der Waals surface area contributed by atoms with Crippen molar-refractivity contribution in [3.8, 4) is 0 Å². The third kappa shape index (κ3) is 2.29. The molecule has 0 saturated carbocycles. The monoisotopic (exact) mass is 278 g/mol. The molecule has 0 bridgehead atoms. The number of hydrogen-bond acceptors (Lipinski definition) is 2. The van der Waals surface area contributed by atoms with E-state index in [0.29, 0.717) is 6.42 Å². The van der Waals surface area contributed by atoms with E-state index < -0.39 is 11.3 Å². The molecule has 0 radical (unpaired) electrons. The molecule has 2 nitrogen and oxygen atoms in total. The van der Waals surface area contributed by atoms with Crippen LogP contribution < -0.4 is 0 Å². The summed E-state index contributed by atoms with van der Waals surface area (Å²) in [5.41, 5.74) is 2.20. The fraction of sp³-hybridized carbons (Fsp3) is 0.167. The van der Waals surface area contributed by atoms with Crippen molar-refractivity contribution in [3.05, 3.63) is 54.1 Å². The Bertz CT molecular complexity index is 428. The van der Waals surface area contributed by atoms with Crippen LogP contribution in [0.2, 0.25) is 0 Å². The predicted molar refractivity (Wildman–Crippen MR) is 70.0 cm³/mol. The lowest BCUT2D eigenvalue weighted by molar-refractivity contribution is 0.391. The van der Waals surface area contributed by atoms with E-state index in [-0.39, 0.29) is 0 Å². The molecule has 1 aromatic rings. The van der Waals surface area contributed by atoms with Gasteiger partial charge in [0.1, 0.15) is 0 Å². The molecular formula is C12H12BBrO2. The molecule has 82 valence electrons. The van der Waals surface area contributed by atoms with E-state index in [1.54, 1.807) is 6.08 Å². The molecule has 1 aliphatic rings. The molecule has 0 spiro atoms. The molecule has 16 heavy (non-hydrogen) atoms. The van der Waals surface area contributed by atoms with E-state index in [1.807, 2.05) is 42.5 Å². The van der Waals surface area contributed by atoms with Gasteiger partial charge in [-0.1, -0.05) is 64.5 Å². The van der Waals surface area contributed by atoms with Crippen LogP contribution >= 0.6 is 15.9 Å². The van der Waals surface area contributed by atoms with Crippen molar-refractivity contribution in [3.63, 3.8) is 0 Å². The van der Waals surface area contributed by atoms with Gasteiger partial charge in [-0.05, 0) is 17.6 Å². The normalized spacial score (nSPS) is 24.1. The van der Waals surface area contributed by atoms with Crippen molar-refractivity contribution >= 4 is 28.6 Å². The van der Waals surface area contributed by atoms with Gasteiger partial charge in [-0.25, -0.2) is 0 Å².